The highest BCUT2D eigenvalue weighted by Gasteiger charge is 2.19. The van der Waals surface area contributed by atoms with Gasteiger partial charge in [-0.3, -0.25) is 14.3 Å². The lowest BCUT2D eigenvalue weighted by Crippen LogP contribution is -2.23. The van der Waals surface area contributed by atoms with E-state index in [4.69, 9.17) is 16.3 Å². The molecule has 0 radical (unpaired) electrons. The van der Waals surface area contributed by atoms with Crippen molar-refractivity contribution in [3.8, 4) is 11.4 Å². The van der Waals surface area contributed by atoms with Crippen LogP contribution in [0.3, 0.4) is 0 Å². The van der Waals surface area contributed by atoms with E-state index in [0.29, 0.717) is 34.0 Å². The molecule has 0 spiro atoms. The number of halogens is 1. The molecule has 4 aromatic rings. The molecule has 0 saturated heterocycles. The van der Waals surface area contributed by atoms with Crippen molar-refractivity contribution in [3.63, 3.8) is 0 Å². The monoisotopic (exact) mass is 526 g/mol. The molecule has 2 heterocycles. The summed E-state index contributed by atoms with van der Waals surface area (Å²) >= 11 is 7.47. The maximum atomic E-state index is 13.0. The maximum Gasteiger partial charge on any atom is 0.295 e. The molecule has 0 unspecified atom stereocenters. The Labute approximate surface area is 218 Å². The summed E-state index contributed by atoms with van der Waals surface area (Å²) in [6.07, 6.45) is 0. The van der Waals surface area contributed by atoms with Crippen molar-refractivity contribution in [2.24, 2.45) is 7.05 Å². The zero-order chi connectivity index (χ0) is 25.8. The molecular formula is C25H27ClN6O3S. The predicted molar refractivity (Wildman–Crippen MR) is 141 cm³/mol. The van der Waals surface area contributed by atoms with Crippen molar-refractivity contribution < 1.29 is 9.53 Å². The Morgan fingerprint density at radius 2 is 1.89 bits per heavy atom. The van der Waals surface area contributed by atoms with Gasteiger partial charge in [-0.05, 0) is 50.6 Å². The molecule has 36 heavy (non-hydrogen) atoms. The van der Waals surface area contributed by atoms with Gasteiger partial charge in [0, 0.05) is 13.6 Å². The molecule has 11 heteroatoms. The van der Waals surface area contributed by atoms with Crippen LogP contribution < -0.4 is 15.6 Å². The summed E-state index contributed by atoms with van der Waals surface area (Å²) in [4.78, 5) is 25.8. The van der Waals surface area contributed by atoms with Crippen LogP contribution in [0.2, 0.25) is 5.02 Å². The first-order chi connectivity index (χ1) is 17.3. The minimum atomic E-state index is -0.305. The lowest BCUT2D eigenvalue weighted by atomic mass is 10.2. The summed E-state index contributed by atoms with van der Waals surface area (Å²) in [5.41, 5.74) is 2.39. The van der Waals surface area contributed by atoms with Gasteiger partial charge in [-0.2, -0.15) is 0 Å². The van der Waals surface area contributed by atoms with Crippen LogP contribution in [0.5, 0.6) is 5.75 Å². The molecule has 0 aliphatic rings. The average molecular weight is 527 g/mol. The number of nitrogens with zero attached hydrogens (tertiary/aromatic N) is 5. The third-order valence-electron chi connectivity index (χ3n) is 5.70. The number of hydrogen-bond donors (Lipinski definition) is 1. The van der Waals surface area contributed by atoms with Gasteiger partial charge >= 0.3 is 0 Å². The first-order valence-electron chi connectivity index (χ1n) is 11.4. The normalized spacial score (nSPS) is 11.0. The number of nitrogens with one attached hydrogen (secondary N) is 1. The van der Waals surface area contributed by atoms with Gasteiger partial charge < -0.3 is 14.6 Å². The summed E-state index contributed by atoms with van der Waals surface area (Å²) in [5.74, 6) is 0.973. The molecule has 188 valence electrons. The van der Waals surface area contributed by atoms with Gasteiger partial charge in [0.1, 0.15) is 18.0 Å². The topological polar surface area (TPSA) is 96.0 Å². The summed E-state index contributed by atoms with van der Waals surface area (Å²) in [5, 5.41) is 12.3. The zero-order valence-electron chi connectivity index (χ0n) is 20.5. The van der Waals surface area contributed by atoms with Crippen LogP contribution in [-0.4, -0.2) is 35.8 Å². The summed E-state index contributed by atoms with van der Waals surface area (Å²) in [6.45, 7) is 6.53. The van der Waals surface area contributed by atoms with Crippen LogP contribution in [0.25, 0.3) is 5.69 Å². The number of anilines is 1. The van der Waals surface area contributed by atoms with Crippen LogP contribution in [-0.2, 0) is 25.0 Å². The van der Waals surface area contributed by atoms with Gasteiger partial charge in [0.15, 0.2) is 11.0 Å². The molecule has 0 saturated carbocycles. The Kier molecular flexibility index (Phi) is 7.85. The number of para-hydroxylation sites is 1. The van der Waals surface area contributed by atoms with Crippen LogP contribution in [0.15, 0.2) is 58.5 Å². The molecule has 2 aromatic carbocycles. The van der Waals surface area contributed by atoms with E-state index >= 15 is 0 Å². The Bertz CT molecular complexity index is 1440. The van der Waals surface area contributed by atoms with Gasteiger partial charge in [-0.15, -0.1) is 10.2 Å². The molecule has 9 nitrogen and oxygen atoms in total. The smallest absolute Gasteiger partial charge is 0.295 e. The second-order valence-corrected chi connectivity index (χ2v) is 9.49. The van der Waals surface area contributed by atoms with E-state index in [9.17, 15) is 9.59 Å². The Balaban J connectivity index is 1.43. The quantitative estimate of drug-likeness (QED) is 0.325. The Hall–Kier alpha value is -3.50. The second-order valence-electron chi connectivity index (χ2n) is 8.14. The summed E-state index contributed by atoms with van der Waals surface area (Å²) < 4.78 is 11.0. The van der Waals surface area contributed by atoms with E-state index in [1.807, 2.05) is 60.9 Å². The van der Waals surface area contributed by atoms with Crippen molar-refractivity contribution in [3.05, 3.63) is 81.0 Å². The standard InChI is InChI=1S/C25H27ClN6O3S/c1-5-31-21(14-35-20-13-16(2)11-12-19(20)26)28-29-25(31)36-15-22(33)27-23-17(3)30(4)32(24(23)34)18-9-7-6-8-10-18/h6-13H,5,14-15H2,1-4H3,(H,27,33). The number of aryl methyl sites for hydroxylation is 1. The van der Waals surface area contributed by atoms with Crippen molar-refractivity contribution in [2.45, 2.75) is 39.1 Å². The minimum Gasteiger partial charge on any atom is -0.484 e. The van der Waals surface area contributed by atoms with Gasteiger partial charge in [0.05, 0.1) is 22.2 Å². The van der Waals surface area contributed by atoms with Crippen LogP contribution in [0.1, 0.15) is 24.0 Å². The lowest BCUT2D eigenvalue weighted by molar-refractivity contribution is -0.113. The summed E-state index contributed by atoms with van der Waals surface area (Å²) in [6, 6.07) is 14.9. The van der Waals surface area contributed by atoms with E-state index in [1.54, 1.807) is 24.7 Å². The molecule has 0 aliphatic heterocycles. The maximum absolute atomic E-state index is 13.0. The van der Waals surface area contributed by atoms with Gasteiger partial charge in [-0.1, -0.05) is 47.6 Å². The first-order valence-corrected chi connectivity index (χ1v) is 12.7. The molecule has 0 atom stereocenters. The molecule has 4 rings (SSSR count). The fraction of sp³-hybridized carbons (Fsp3) is 0.280. The predicted octanol–water partition coefficient (Wildman–Crippen LogP) is 4.37. The largest absolute Gasteiger partial charge is 0.484 e. The van der Waals surface area contributed by atoms with Crippen LogP contribution in [0, 0.1) is 13.8 Å². The van der Waals surface area contributed by atoms with E-state index in [1.165, 1.54) is 16.4 Å². The SMILES string of the molecule is CCn1c(COc2cc(C)ccc2Cl)nnc1SCC(=O)Nc1c(C)n(C)n(-c2ccccc2)c1=O. The number of thioether (sulfide) groups is 1. The fourth-order valence-corrected chi connectivity index (χ4v) is 4.72. The number of aromatic nitrogens is 5. The minimum absolute atomic E-state index is 0.0712. The van der Waals surface area contributed by atoms with Crippen LogP contribution in [0.4, 0.5) is 5.69 Å². The van der Waals surface area contributed by atoms with Crippen molar-refractivity contribution >= 4 is 35.0 Å². The average Bonchev–Trinajstić information content (AvgIpc) is 3.36. The molecular weight excluding hydrogens is 500 g/mol. The van der Waals surface area contributed by atoms with Gasteiger partial charge in [-0.25, -0.2) is 4.68 Å². The molecule has 2 aromatic heterocycles. The molecule has 0 aliphatic carbocycles. The number of carbonyl (C=O) groups excluding carboxylic acids is 1. The highest BCUT2D eigenvalue weighted by molar-refractivity contribution is 7.99. The molecule has 0 bridgehead atoms. The highest BCUT2D eigenvalue weighted by Crippen LogP contribution is 2.26. The number of carbonyl (C=O) groups is 1. The Morgan fingerprint density at radius 1 is 1.14 bits per heavy atom. The summed E-state index contributed by atoms with van der Waals surface area (Å²) in [7, 11) is 1.78. The highest BCUT2D eigenvalue weighted by atomic mass is 35.5. The van der Waals surface area contributed by atoms with Gasteiger partial charge in [0.25, 0.3) is 5.56 Å². The third kappa shape index (κ3) is 5.34. The molecule has 1 N–H and O–H groups in total. The van der Waals surface area contributed by atoms with Crippen molar-refractivity contribution in [2.75, 3.05) is 11.1 Å². The van der Waals surface area contributed by atoms with E-state index in [0.717, 1.165) is 11.3 Å². The van der Waals surface area contributed by atoms with Crippen molar-refractivity contribution in [1.82, 2.24) is 24.1 Å². The third-order valence-corrected chi connectivity index (χ3v) is 6.98. The second kappa shape index (κ2) is 11.0. The fourth-order valence-electron chi connectivity index (χ4n) is 3.73. The van der Waals surface area contributed by atoms with E-state index in [2.05, 4.69) is 15.5 Å². The number of amides is 1. The Morgan fingerprint density at radius 3 is 2.61 bits per heavy atom. The number of rotatable bonds is 9. The number of ether oxygens (including phenoxy) is 1. The lowest BCUT2D eigenvalue weighted by Gasteiger charge is -2.10. The van der Waals surface area contributed by atoms with E-state index < -0.39 is 0 Å². The zero-order valence-corrected chi connectivity index (χ0v) is 22.1. The molecule has 1 amide bonds. The number of benzene rings is 2. The van der Waals surface area contributed by atoms with Crippen molar-refractivity contribution in [1.29, 1.82) is 0 Å². The number of hydrogen-bond acceptors (Lipinski definition) is 6. The first kappa shape index (κ1) is 25.6. The van der Waals surface area contributed by atoms with Gasteiger partial charge in [0.2, 0.25) is 5.91 Å². The molecule has 0 fully saturated rings. The van der Waals surface area contributed by atoms with Crippen LogP contribution >= 0.6 is 23.4 Å². The van der Waals surface area contributed by atoms with E-state index in [-0.39, 0.29) is 29.5 Å².